The molecule has 1 heterocycles. The fourth-order valence-electron chi connectivity index (χ4n) is 5.85. The van der Waals surface area contributed by atoms with Crippen molar-refractivity contribution < 1.29 is 0 Å². The molecule has 0 fully saturated rings. The highest BCUT2D eigenvalue weighted by Crippen LogP contribution is 2.61. The highest BCUT2D eigenvalue weighted by atomic mass is 14.7. The topological polar surface area (TPSA) is 12.9 Å². The molecule has 164 valence electrons. The first-order valence-electron chi connectivity index (χ1n) is 12.0. The Hall–Kier alpha value is -3.97. The van der Waals surface area contributed by atoms with Crippen LogP contribution in [0.3, 0.4) is 0 Å². The van der Waals surface area contributed by atoms with E-state index in [1.165, 1.54) is 39.0 Å². The first-order chi connectivity index (χ1) is 16.8. The van der Waals surface area contributed by atoms with Crippen molar-refractivity contribution in [2.75, 3.05) is 0 Å². The summed E-state index contributed by atoms with van der Waals surface area (Å²) in [7, 11) is 0. The van der Waals surface area contributed by atoms with Gasteiger partial charge in [0.05, 0.1) is 11.1 Å². The summed E-state index contributed by atoms with van der Waals surface area (Å²) in [4.78, 5) is 4.87. The van der Waals surface area contributed by atoms with Crippen LogP contribution in [0.15, 0.2) is 139 Å². The average molecular weight is 438 g/mol. The Labute approximate surface area is 201 Å². The van der Waals surface area contributed by atoms with Crippen LogP contribution in [0, 0.1) is 5.92 Å². The molecule has 1 aromatic heterocycles. The summed E-state index contributed by atoms with van der Waals surface area (Å²) in [5, 5.41) is 0. The molecule has 2 aliphatic carbocycles. The predicted octanol–water partition coefficient (Wildman–Crippen LogP) is 7.88. The van der Waals surface area contributed by atoms with Crippen molar-refractivity contribution in [2.24, 2.45) is 5.92 Å². The zero-order chi connectivity index (χ0) is 23.0. The molecule has 4 aromatic rings. The van der Waals surface area contributed by atoms with E-state index in [-0.39, 0.29) is 5.41 Å². The number of aromatic nitrogens is 1. The lowest BCUT2D eigenvalue weighted by Crippen LogP contribution is -2.31. The molecule has 1 atom stereocenters. The zero-order valence-electron chi connectivity index (χ0n) is 19.4. The van der Waals surface area contributed by atoms with Crippen LogP contribution in [0.5, 0.6) is 0 Å². The number of hydrogen-bond acceptors (Lipinski definition) is 1. The number of nitrogens with zero attached hydrogens (tertiary/aromatic N) is 1. The molecule has 0 saturated carbocycles. The zero-order valence-corrected chi connectivity index (χ0v) is 19.4. The molecular weight excluding hydrogens is 410 g/mol. The summed E-state index contributed by atoms with van der Waals surface area (Å²) < 4.78 is 0. The first-order valence-corrected chi connectivity index (χ1v) is 12.0. The molecule has 2 aliphatic rings. The van der Waals surface area contributed by atoms with Gasteiger partial charge in [0.2, 0.25) is 0 Å². The molecular formula is C33H27N. The van der Waals surface area contributed by atoms with Crippen molar-refractivity contribution >= 4 is 11.1 Å². The quantitative estimate of drug-likeness (QED) is 0.316. The van der Waals surface area contributed by atoms with Gasteiger partial charge in [-0.05, 0) is 57.9 Å². The van der Waals surface area contributed by atoms with Crippen LogP contribution in [0.4, 0.5) is 0 Å². The highest BCUT2D eigenvalue weighted by molar-refractivity contribution is 6.10. The second-order valence-corrected chi connectivity index (χ2v) is 9.25. The minimum absolute atomic E-state index is 0.384. The van der Waals surface area contributed by atoms with Gasteiger partial charge in [0.15, 0.2) is 0 Å². The first kappa shape index (κ1) is 20.6. The van der Waals surface area contributed by atoms with Crippen LogP contribution in [0.2, 0.25) is 0 Å². The molecule has 1 unspecified atom stereocenters. The van der Waals surface area contributed by atoms with Crippen LogP contribution in [0.25, 0.3) is 11.1 Å². The van der Waals surface area contributed by atoms with E-state index in [0.717, 1.165) is 12.1 Å². The maximum Gasteiger partial charge on any atom is 0.0711 e. The van der Waals surface area contributed by atoms with Crippen LogP contribution in [0.1, 0.15) is 35.7 Å². The largest absolute Gasteiger partial charge is 0.256 e. The SMILES string of the molecule is CC1C=CC2=C(C1)C(c1ccccc1)(c1ccccc1)C(c1ccccc1)=C2c1ccccn1. The Morgan fingerprint density at radius 1 is 0.706 bits per heavy atom. The summed E-state index contributed by atoms with van der Waals surface area (Å²) in [6.45, 7) is 2.32. The Balaban J connectivity index is 1.82. The van der Waals surface area contributed by atoms with Gasteiger partial charge in [0.1, 0.15) is 0 Å². The Morgan fingerprint density at radius 2 is 1.29 bits per heavy atom. The lowest BCUT2D eigenvalue weighted by molar-refractivity contribution is 0.632. The fourth-order valence-corrected chi connectivity index (χ4v) is 5.85. The van der Waals surface area contributed by atoms with Gasteiger partial charge in [-0.2, -0.15) is 0 Å². The molecule has 34 heavy (non-hydrogen) atoms. The summed E-state index contributed by atoms with van der Waals surface area (Å²) >= 11 is 0. The molecule has 0 N–H and O–H groups in total. The molecule has 6 rings (SSSR count). The molecule has 0 aliphatic heterocycles. The van der Waals surface area contributed by atoms with Gasteiger partial charge in [0.25, 0.3) is 0 Å². The molecule has 0 amide bonds. The minimum atomic E-state index is -0.384. The smallest absolute Gasteiger partial charge is 0.0711 e. The number of benzene rings is 3. The lowest BCUT2D eigenvalue weighted by atomic mass is 9.62. The van der Waals surface area contributed by atoms with Crippen molar-refractivity contribution in [3.63, 3.8) is 0 Å². The summed E-state index contributed by atoms with van der Waals surface area (Å²) in [5.74, 6) is 0.477. The summed E-state index contributed by atoms with van der Waals surface area (Å²) in [6, 6.07) is 39.2. The van der Waals surface area contributed by atoms with Gasteiger partial charge in [-0.15, -0.1) is 0 Å². The average Bonchev–Trinajstić information content (AvgIpc) is 3.22. The second-order valence-electron chi connectivity index (χ2n) is 9.25. The molecule has 1 nitrogen and oxygen atoms in total. The third-order valence-electron chi connectivity index (χ3n) is 7.19. The van der Waals surface area contributed by atoms with Crippen molar-refractivity contribution in [3.8, 4) is 0 Å². The molecule has 0 bridgehead atoms. The van der Waals surface area contributed by atoms with Crippen LogP contribution in [-0.4, -0.2) is 4.98 Å². The third-order valence-corrected chi connectivity index (χ3v) is 7.19. The van der Waals surface area contributed by atoms with E-state index in [4.69, 9.17) is 4.98 Å². The number of pyridine rings is 1. The summed E-state index contributed by atoms with van der Waals surface area (Å²) in [5.41, 5.74) is 9.87. The third kappa shape index (κ3) is 3.12. The van der Waals surface area contributed by atoms with E-state index in [1.54, 1.807) is 0 Å². The second kappa shape index (κ2) is 8.43. The van der Waals surface area contributed by atoms with E-state index in [1.807, 2.05) is 12.3 Å². The Morgan fingerprint density at radius 3 is 1.88 bits per heavy atom. The monoisotopic (exact) mass is 437 g/mol. The normalized spacial score (nSPS) is 18.8. The van der Waals surface area contributed by atoms with Gasteiger partial charge < -0.3 is 0 Å². The van der Waals surface area contributed by atoms with Crippen LogP contribution >= 0.6 is 0 Å². The van der Waals surface area contributed by atoms with Gasteiger partial charge in [0, 0.05) is 11.8 Å². The fraction of sp³-hybridized carbons (Fsp3) is 0.121. The predicted molar refractivity (Wildman–Crippen MR) is 141 cm³/mol. The standard InChI is InChI=1S/C33H27N/c1-24-20-21-28-29(23-24)33(26-15-7-3-8-16-26,27-17-9-4-10-18-27)32(25-13-5-2-6-14-25)31(28)30-19-11-12-22-34-30/h2-22,24H,23H2,1H3. The maximum atomic E-state index is 4.87. The van der Waals surface area contributed by atoms with Crippen molar-refractivity contribution in [2.45, 2.75) is 18.8 Å². The Bertz CT molecular complexity index is 1360. The summed E-state index contributed by atoms with van der Waals surface area (Å²) in [6.07, 6.45) is 7.63. The highest BCUT2D eigenvalue weighted by Gasteiger charge is 2.50. The van der Waals surface area contributed by atoms with Gasteiger partial charge in [-0.1, -0.05) is 116 Å². The molecule has 0 radical (unpaired) electrons. The van der Waals surface area contributed by atoms with Gasteiger partial charge in [-0.3, -0.25) is 4.98 Å². The number of allylic oxidation sites excluding steroid dienone is 6. The van der Waals surface area contributed by atoms with Gasteiger partial charge >= 0.3 is 0 Å². The number of rotatable bonds is 4. The van der Waals surface area contributed by atoms with Crippen LogP contribution < -0.4 is 0 Å². The van der Waals surface area contributed by atoms with Crippen molar-refractivity contribution in [3.05, 3.63) is 161 Å². The molecule has 1 heteroatoms. The number of hydrogen-bond donors (Lipinski definition) is 0. The van der Waals surface area contributed by atoms with Gasteiger partial charge in [-0.25, -0.2) is 0 Å². The van der Waals surface area contributed by atoms with E-state index in [0.29, 0.717) is 5.92 Å². The lowest BCUT2D eigenvalue weighted by Gasteiger charge is -2.39. The van der Waals surface area contributed by atoms with E-state index < -0.39 is 0 Å². The minimum Gasteiger partial charge on any atom is -0.256 e. The maximum absolute atomic E-state index is 4.87. The molecule has 3 aromatic carbocycles. The van der Waals surface area contributed by atoms with E-state index in [2.05, 4.69) is 122 Å². The Kier molecular flexibility index (Phi) is 5.11. The van der Waals surface area contributed by atoms with E-state index >= 15 is 0 Å². The van der Waals surface area contributed by atoms with Crippen molar-refractivity contribution in [1.29, 1.82) is 0 Å². The van der Waals surface area contributed by atoms with Crippen LogP contribution in [-0.2, 0) is 5.41 Å². The molecule has 0 spiro atoms. The van der Waals surface area contributed by atoms with E-state index in [9.17, 15) is 0 Å². The van der Waals surface area contributed by atoms with Crippen molar-refractivity contribution in [1.82, 2.24) is 4.98 Å². The molecule has 0 saturated heterocycles.